The van der Waals surface area contributed by atoms with Crippen LogP contribution in [-0.4, -0.2) is 57.5 Å². The molecule has 0 bridgehead atoms. The van der Waals surface area contributed by atoms with Crippen molar-refractivity contribution in [3.63, 3.8) is 0 Å². The summed E-state index contributed by atoms with van der Waals surface area (Å²) >= 11 is 0. The van der Waals surface area contributed by atoms with E-state index in [-0.39, 0.29) is 5.41 Å². The number of nitrogens with one attached hydrogen (secondary N) is 1. The predicted octanol–water partition coefficient (Wildman–Crippen LogP) is 13.4. The van der Waals surface area contributed by atoms with Crippen molar-refractivity contribution in [1.29, 1.82) is 0 Å². The summed E-state index contributed by atoms with van der Waals surface area (Å²) in [5, 5.41) is 3.71. The van der Waals surface area contributed by atoms with E-state index in [9.17, 15) is 0 Å². The summed E-state index contributed by atoms with van der Waals surface area (Å²) in [7, 11) is 0. The lowest BCUT2D eigenvalue weighted by molar-refractivity contribution is 0.173. The van der Waals surface area contributed by atoms with Crippen molar-refractivity contribution in [2.24, 2.45) is 52.8 Å². The summed E-state index contributed by atoms with van der Waals surface area (Å²) in [4.78, 5) is 8.74. The number of fused-ring (bicyclic) bond motifs is 11. The van der Waals surface area contributed by atoms with Gasteiger partial charge in [-0.15, -0.1) is 0 Å². The lowest BCUT2D eigenvalue weighted by Gasteiger charge is -2.41. The molecule has 2 fully saturated rings. The second kappa shape index (κ2) is 16.4. The SMILES string of the molecule is CC1(C)C2=C(CCC(N3C4CCC(C5CCC6=C(C5)N(C5=CCCC=C5)C5C=CC=CC65)C=C4C4CC(C5=CC=C6C7C=CC=CC7N(C7C=C8NCC=CC8=CC7)C6C5)C=CC43)=C2)C2C=CC=CC21. The van der Waals surface area contributed by atoms with Crippen molar-refractivity contribution in [2.75, 3.05) is 6.54 Å². The fourth-order valence-corrected chi connectivity index (χ4v) is 17.5. The number of nitrogens with zero attached hydrogens (tertiary/aromatic N) is 3. The van der Waals surface area contributed by atoms with Gasteiger partial charge in [0.05, 0.1) is 18.1 Å². The summed E-state index contributed by atoms with van der Waals surface area (Å²) in [6.07, 6.45) is 76.8. The van der Waals surface area contributed by atoms with Crippen LogP contribution in [0.5, 0.6) is 0 Å². The fourth-order valence-electron chi connectivity index (χ4n) is 17.5. The van der Waals surface area contributed by atoms with Crippen molar-refractivity contribution < 1.29 is 0 Å². The first kappa shape index (κ1) is 42.4. The van der Waals surface area contributed by atoms with Crippen LogP contribution in [0.4, 0.5) is 0 Å². The maximum atomic E-state index is 3.71. The molecule has 15 rings (SSSR count). The van der Waals surface area contributed by atoms with E-state index in [4.69, 9.17) is 0 Å². The molecule has 0 aromatic carbocycles. The molecule has 14 atom stereocenters. The molecule has 14 unspecified atom stereocenters. The summed E-state index contributed by atoms with van der Waals surface area (Å²) in [6.45, 7) is 6.00. The molecule has 0 radical (unpaired) electrons. The van der Waals surface area contributed by atoms with E-state index in [0.29, 0.717) is 83.6 Å². The Bertz CT molecular complexity index is 2870. The van der Waals surface area contributed by atoms with Gasteiger partial charge in [-0.1, -0.05) is 159 Å². The van der Waals surface area contributed by atoms with E-state index in [2.05, 4.69) is 186 Å². The highest BCUT2D eigenvalue weighted by Gasteiger charge is 2.53. The molecule has 4 heteroatoms. The van der Waals surface area contributed by atoms with E-state index in [1.54, 1.807) is 39.3 Å². The van der Waals surface area contributed by atoms with Gasteiger partial charge >= 0.3 is 0 Å². The van der Waals surface area contributed by atoms with Crippen molar-refractivity contribution in [3.05, 3.63) is 214 Å². The second-order valence-corrected chi connectivity index (χ2v) is 24.2. The normalized spacial score (nSPS) is 40.9. The molecule has 0 aromatic heterocycles. The van der Waals surface area contributed by atoms with E-state index in [1.807, 2.05) is 5.57 Å². The Morgan fingerprint density at radius 1 is 0.671 bits per heavy atom. The number of hydrogen-bond donors (Lipinski definition) is 1. The highest BCUT2D eigenvalue weighted by atomic mass is 15.3. The lowest BCUT2D eigenvalue weighted by Crippen LogP contribution is -2.45. The van der Waals surface area contributed by atoms with E-state index in [1.165, 1.54) is 74.8 Å². The van der Waals surface area contributed by atoms with Gasteiger partial charge in [-0.3, -0.25) is 4.90 Å². The Hall–Kier alpha value is -5.32. The van der Waals surface area contributed by atoms with Gasteiger partial charge in [-0.25, -0.2) is 0 Å². The Balaban J connectivity index is 0.763. The zero-order valence-corrected chi connectivity index (χ0v) is 41.6. The fraction of sp³-hybridized carbons (Fsp3) is 0.455. The summed E-state index contributed by atoms with van der Waals surface area (Å²) in [5.74, 6) is 4.51. The van der Waals surface area contributed by atoms with Crippen molar-refractivity contribution >= 4 is 0 Å². The molecule has 0 amide bonds. The van der Waals surface area contributed by atoms with Gasteiger partial charge in [0.2, 0.25) is 0 Å². The molecule has 1 N–H and O–H groups in total. The molecular formula is C66H72N4. The lowest BCUT2D eigenvalue weighted by atomic mass is 9.69. The zero-order chi connectivity index (χ0) is 46.2. The number of allylic oxidation sites excluding steroid dienone is 21. The van der Waals surface area contributed by atoms with Crippen molar-refractivity contribution in [1.82, 2.24) is 20.0 Å². The van der Waals surface area contributed by atoms with E-state index in [0.717, 1.165) is 25.8 Å². The van der Waals surface area contributed by atoms with Gasteiger partial charge in [0.15, 0.2) is 0 Å². The van der Waals surface area contributed by atoms with Crippen LogP contribution in [0.3, 0.4) is 0 Å². The molecule has 0 aromatic rings. The number of rotatable bonds is 5. The predicted molar refractivity (Wildman–Crippen MR) is 286 cm³/mol. The maximum Gasteiger partial charge on any atom is 0.0622 e. The Morgan fingerprint density at radius 3 is 2.43 bits per heavy atom. The van der Waals surface area contributed by atoms with Gasteiger partial charge in [0.25, 0.3) is 0 Å². The average molecular weight is 921 g/mol. The smallest absolute Gasteiger partial charge is 0.0622 e. The summed E-state index contributed by atoms with van der Waals surface area (Å²) < 4.78 is 0. The molecule has 4 heterocycles. The van der Waals surface area contributed by atoms with Crippen LogP contribution in [0.25, 0.3) is 0 Å². The molecular weight excluding hydrogens is 849 g/mol. The molecule has 0 saturated carbocycles. The van der Waals surface area contributed by atoms with E-state index < -0.39 is 0 Å². The Labute approximate surface area is 418 Å². The van der Waals surface area contributed by atoms with Crippen LogP contribution in [0.15, 0.2) is 214 Å². The molecule has 2 saturated heterocycles. The highest BCUT2D eigenvalue weighted by molar-refractivity contribution is 5.52. The molecule has 0 spiro atoms. The third kappa shape index (κ3) is 6.42. The van der Waals surface area contributed by atoms with E-state index >= 15 is 0 Å². The number of hydrogen-bond acceptors (Lipinski definition) is 4. The van der Waals surface area contributed by atoms with Gasteiger partial charge in [0, 0.05) is 71.1 Å². The Kier molecular flexibility index (Phi) is 9.90. The van der Waals surface area contributed by atoms with Crippen molar-refractivity contribution in [2.45, 2.75) is 127 Å². The molecule has 4 nitrogen and oxygen atoms in total. The first-order valence-electron chi connectivity index (χ1n) is 28.0. The maximum absolute atomic E-state index is 3.71. The van der Waals surface area contributed by atoms with Crippen LogP contribution in [0.2, 0.25) is 0 Å². The summed E-state index contributed by atoms with van der Waals surface area (Å²) in [5.41, 5.74) is 17.8. The van der Waals surface area contributed by atoms with Gasteiger partial charge in [-0.05, 0) is 152 Å². The largest absolute Gasteiger partial charge is 0.381 e. The molecule has 15 aliphatic rings. The third-order valence-corrected chi connectivity index (χ3v) is 20.7. The third-order valence-electron chi connectivity index (χ3n) is 20.7. The second-order valence-electron chi connectivity index (χ2n) is 24.2. The van der Waals surface area contributed by atoms with Gasteiger partial charge in [0.1, 0.15) is 0 Å². The van der Waals surface area contributed by atoms with Crippen LogP contribution < -0.4 is 5.32 Å². The Morgan fingerprint density at radius 2 is 1.53 bits per heavy atom. The minimum Gasteiger partial charge on any atom is -0.381 e. The van der Waals surface area contributed by atoms with Crippen molar-refractivity contribution in [3.8, 4) is 0 Å². The van der Waals surface area contributed by atoms with Crippen LogP contribution >= 0.6 is 0 Å². The first-order chi connectivity index (χ1) is 34.5. The summed E-state index contributed by atoms with van der Waals surface area (Å²) in [6, 6.07) is 2.63. The minimum absolute atomic E-state index is 0.152. The van der Waals surface area contributed by atoms with Crippen LogP contribution in [0.1, 0.15) is 90.9 Å². The number of likely N-dealkylation sites (tertiary alicyclic amines) is 2. The monoisotopic (exact) mass is 921 g/mol. The van der Waals surface area contributed by atoms with Crippen LogP contribution in [-0.2, 0) is 0 Å². The molecule has 4 aliphatic heterocycles. The molecule has 70 heavy (non-hydrogen) atoms. The zero-order valence-electron chi connectivity index (χ0n) is 41.6. The van der Waals surface area contributed by atoms with Crippen LogP contribution in [0, 0.1) is 52.8 Å². The van der Waals surface area contributed by atoms with Gasteiger partial charge in [-0.2, -0.15) is 0 Å². The average Bonchev–Trinajstić information content (AvgIpc) is 4.11. The first-order valence-corrected chi connectivity index (χ1v) is 28.0. The standard InChI is InChI=1S/C66H72N4/c1-66(2)57-19-9-6-16-49(57)50-31-28-47(39-58(50)66)69-62-32-25-42(44-23-29-53-51-17-7-10-20-60(51)68(64(53)37-44)46-14-4-3-5-15-46)35-55(62)56-36-43(26-33-63(56)69)45-24-30-54-52-18-8-11-21-61(52)70(65(54)38-45)48-27-22-41-13-12-34-67-59(41)40-48/h4,6-22,24,26,30,33,35,39-40,42-44,48-49,51-52,56-57,60-63,65,67H,3,5,23,25,27-29,31-32,34,36-38H2,1-2H3. The quantitative estimate of drug-likeness (QED) is 0.277. The topological polar surface area (TPSA) is 21.8 Å². The molecule has 356 valence electrons. The molecule has 11 aliphatic carbocycles. The highest BCUT2D eigenvalue weighted by Crippen LogP contribution is 2.60. The van der Waals surface area contributed by atoms with Gasteiger partial charge < -0.3 is 15.1 Å². The minimum atomic E-state index is 0.152.